The van der Waals surface area contributed by atoms with Gasteiger partial charge in [-0.2, -0.15) is 5.10 Å². The average Bonchev–Trinajstić information content (AvgIpc) is 2.79. The third kappa shape index (κ3) is 6.19. The zero-order valence-electron chi connectivity index (χ0n) is 16.5. The van der Waals surface area contributed by atoms with E-state index in [-0.39, 0.29) is 11.3 Å². The molecule has 32 heavy (non-hydrogen) atoms. The van der Waals surface area contributed by atoms with Gasteiger partial charge in [0, 0.05) is 27.7 Å². The molecule has 0 aliphatic carbocycles. The second-order valence-corrected chi connectivity index (χ2v) is 7.24. The van der Waals surface area contributed by atoms with Crippen LogP contribution in [0.15, 0.2) is 88.4 Å². The minimum absolute atomic E-state index is 0.150. The number of nitro benzene ring substituents is 1. The molecule has 0 aromatic heterocycles. The first-order valence-electron chi connectivity index (χ1n) is 9.25. The van der Waals surface area contributed by atoms with Crippen molar-refractivity contribution in [1.82, 2.24) is 5.43 Å². The molecule has 0 atom stereocenters. The highest BCUT2D eigenvalue weighted by Crippen LogP contribution is 2.30. The molecule has 0 bridgehead atoms. The smallest absolute Gasteiger partial charge is 0.336 e. The number of benzene rings is 3. The third-order valence-electron chi connectivity index (χ3n) is 4.11. The van der Waals surface area contributed by atoms with E-state index < -0.39 is 22.5 Å². The number of esters is 1. The lowest BCUT2D eigenvalue weighted by Crippen LogP contribution is -2.17. The first-order chi connectivity index (χ1) is 15.4. The molecule has 0 aliphatic heterocycles. The predicted octanol–water partition coefficient (Wildman–Crippen LogP) is 4.74. The molecule has 0 saturated heterocycles. The first-order valence-corrected chi connectivity index (χ1v) is 10.0. The standard InChI is InChI=1S/C23H16BrN3O5/c24-19-12-10-17(11-13-19)23(29)26-25-15-18-7-4-8-20(27(30)31)22(18)32-21(28)14-9-16-5-2-1-3-6-16/h1-15H,(H,26,29)/b14-9+,25-15+. The van der Waals surface area contributed by atoms with Gasteiger partial charge in [0.15, 0.2) is 0 Å². The fourth-order valence-corrected chi connectivity index (χ4v) is 2.85. The summed E-state index contributed by atoms with van der Waals surface area (Å²) in [5.41, 5.74) is 3.22. The Balaban J connectivity index is 1.78. The number of amides is 1. The highest BCUT2D eigenvalue weighted by molar-refractivity contribution is 9.10. The van der Waals surface area contributed by atoms with Crippen molar-refractivity contribution in [2.45, 2.75) is 0 Å². The minimum Gasteiger partial charge on any atom is -0.415 e. The Bertz CT molecular complexity index is 1190. The fourth-order valence-electron chi connectivity index (χ4n) is 2.59. The molecule has 1 N–H and O–H groups in total. The molecule has 0 spiro atoms. The predicted molar refractivity (Wildman–Crippen MR) is 123 cm³/mol. The first kappa shape index (κ1) is 22.6. The summed E-state index contributed by atoms with van der Waals surface area (Å²) >= 11 is 3.29. The van der Waals surface area contributed by atoms with Crippen molar-refractivity contribution < 1.29 is 19.2 Å². The van der Waals surface area contributed by atoms with E-state index in [4.69, 9.17) is 4.74 Å². The van der Waals surface area contributed by atoms with Gasteiger partial charge in [0.1, 0.15) is 0 Å². The van der Waals surface area contributed by atoms with Gasteiger partial charge in [0.2, 0.25) is 5.75 Å². The van der Waals surface area contributed by atoms with Crippen LogP contribution in [0.5, 0.6) is 5.75 Å². The lowest BCUT2D eigenvalue weighted by atomic mass is 10.2. The number of rotatable bonds is 7. The Morgan fingerprint density at radius 2 is 1.72 bits per heavy atom. The van der Waals surface area contributed by atoms with Crippen molar-refractivity contribution in [3.63, 3.8) is 0 Å². The normalized spacial score (nSPS) is 10.9. The summed E-state index contributed by atoms with van der Waals surface area (Å²) in [7, 11) is 0. The molecule has 0 fully saturated rings. The van der Waals surface area contributed by atoms with Gasteiger partial charge in [-0.3, -0.25) is 14.9 Å². The lowest BCUT2D eigenvalue weighted by Gasteiger charge is -2.06. The number of para-hydroxylation sites is 1. The van der Waals surface area contributed by atoms with Crippen molar-refractivity contribution >= 4 is 45.8 Å². The van der Waals surface area contributed by atoms with E-state index in [0.717, 1.165) is 10.0 Å². The van der Waals surface area contributed by atoms with Gasteiger partial charge >= 0.3 is 11.7 Å². The van der Waals surface area contributed by atoms with Crippen molar-refractivity contribution in [2.75, 3.05) is 0 Å². The molecule has 3 aromatic rings. The molecule has 0 heterocycles. The number of carbonyl (C=O) groups is 2. The van der Waals surface area contributed by atoms with E-state index in [2.05, 4.69) is 26.5 Å². The average molecular weight is 494 g/mol. The Morgan fingerprint density at radius 1 is 1.00 bits per heavy atom. The van der Waals surface area contributed by atoms with Crippen LogP contribution in [0.25, 0.3) is 6.08 Å². The summed E-state index contributed by atoms with van der Waals surface area (Å²) in [5.74, 6) is -1.54. The second kappa shape index (κ2) is 10.8. The molecule has 3 aromatic carbocycles. The zero-order chi connectivity index (χ0) is 22.9. The quantitative estimate of drug-likeness (QED) is 0.127. The summed E-state index contributed by atoms with van der Waals surface area (Å²) in [6, 6.07) is 19.8. The molecular formula is C23H16BrN3O5. The van der Waals surface area contributed by atoms with Crippen LogP contribution in [0.2, 0.25) is 0 Å². The molecular weight excluding hydrogens is 478 g/mol. The van der Waals surface area contributed by atoms with E-state index in [1.54, 1.807) is 36.4 Å². The van der Waals surface area contributed by atoms with Crippen LogP contribution in [0.3, 0.4) is 0 Å². The van der Waals surface area contributed by atoms with Crippen LogP contribution in [0, 0.1) is 10.1 Å². The summed E-state index contributed by atoms with van der Waals surface area (Å²) in [5, 5.41) is 15.2. The van der Waals surface area contributed by atoms with E-state index in [9.17, 15) is 19.7 Å². The highest BCUT2D eigenvalue weighted by atomic mass is 79.9. The van der Waals surface area contributed by atoms with Gasteiger partial charge in [0.05, 0.1) is 11.1 Å². The molecule has 9 heteroatoms. The van der Waals surface area contributed by atoms with Gasteiger partial charge < -0.3 is 4.74 Å². The summed E-state index contributed by atoms with van der Waals surface area (Å²) < 4.78 is 6.06. The Labute approximate surface area is 191 Å². The Hall–Kier alpha value is -4.11. The van der Waals surface area contributed by atoms with E-state index in [1.807, 2.05) is 18.2 Å². The number of hydrogen-bond acceptors (Lipinski definition) is 6. The number of nitrogens with zero attached hydrogens (tertiary/aromatic N) is 2. The van der Waals surface area contributed by atoms with Crippen LogP contribution in [0.4, 0.5) is 5.69 Å². The zero-order valence-corrected chi connectivity index (χ0v) is 18.1. The molecule has 8 nitrogen and oxygen atoms in total. The van der Waals surface area contributed by atoms with Gasteiger partial charge in [0.25, 0.3) is 5.91 Å². The molecule has 0 saturated carbocycles. The molecule has 0 aliphatic rings. The Morgan fingerprint density at radius 3 is 2.41 bits per heavy atom. The third-order valence-corrected chi connectivity index (χ3v) is 4.64. The number of hydrogen-bond donors (Lipinski definition) is 1. The van der Waals surface area contributed by atoms with E-state index in [1.165, 1.54) is 36.6 Å². The van der Waals surface area contributed by atoms with Crippen LogP contribution >= 0.6 is 15.9 Å². The van der Waals surface area contributed by atoms with E-state index >= 15 is 0 Å². The minimum atomic E-state index is -0.795. The SMILES string of the molecule is O=C(/C=C/c1ccccc1)Oc1c(/C=N/NC(=O)c2ccc(Br)cc2)cccc1[N+](=O)[O-]. The second-order valence-electron chi connectivity index (χ2n) is 6.32. The maximum absolute atomic E-state index is 12.3. The summed E-state index contributed by atoms with van der Waals surface area (Å²) in [6.45, 7) is 0. The summed E-state index contributed by atoms with van der Waals surface area (Å²) in [6.07, 6.45) is 3.87. The molecule has 160 valence electrons. The Kier molecular flexibility index (Phi) is 7.60. The largest absolute Gasteiger partial charge is 0.415 e. The van der Waals surface area contributed by atoms with Crippen LogP contribution in [-0.2, 0) is 4.79 Å². The van der Waals surface area contributed by atoms with Crippen molar-refractivity contribution in [1.29, 1.82) is 0 Å². The van der Waals surface area contributed by atoms with Crippen molar-refractivity contribution in [3.8, 4) is 5.75 Å². The summed E-state index contributed by atoms with van der Waals surface area (Å²) in [4.78, 5) is 35.2. The number of hydrazone groups is 1. The van der Waals surface area contributed by atoms with Crippen molar-refractivity contribution in [3.05, 3.63) is 110 Å². The van der Waals surface area contributed by atoms with Gasteiger partial charge in [-0.25, -0.2) is 10.2 Å². The number of carbonyl (C=O) groups excluding carboxylic acids is 2. The van der Waals surface area contributed by atoms with Gasteiger partial charge in [-0.05, 0) is 42.0 Å². The molecule has 0 radical (unpaired) electrons. The number of nitro groups is 1. The molecule has 1 amide bonds. The van der Waals surface area contributed by atoms with Crippen LogP contribution < -0.4 is 10.2 Å². The van der Waals surface area contributed by atoms with Crippen LogP contribution in [0.1, 0.15) is 21.5 Å². The van der Waals surface area contributed by atoms with Gasteiger partial charge in [-0.1, -0.05) is 52.3 Å². The van der Waals surface area contributed by atoms with Crippen LogP contribution in [-0.4, -0.2) is 23.0 Å². The maximum Gasteiger partial charge on any atom is 0.336 e. The van der Waals surface area contributed by atoms with Gasteiger partial charge in [-0.15, -0.1) is 0 Å². The monoisotopic (exact) mass is 493 g/mol. The molecule has 3 rings (SSSR count). The van der Waals surface area contributed by atoms with E-state index in [0.29, 0.717) is 5.56 Å². The highest BCUT2D eigenvalue weighted by Gasteiger charge is 2.20. The van der Waals surface area contributed by atoms with Crippen molar-refractivity contribution in [2.24, 2.45) is 5.10 Å². The topological polar surface area (TPSA) is 111 Å². The molecule has 0 unspecified atom stereocenters. The number of halogens is 1. The fraction of sp³-hybridized carbons (Fsp3) is 0. The maximum atomic E-state index is 12.3. The lowest BCUT2D eigenvalue weighted by molar-refractivity contribution is -0.385. The number of nitrogens with one attached hydrogen (secondary N) is 1. The number of ether oxygens (including phenoxy) is 1.